The van der Waals surface area contributed by atoms with Crippen LogP contribution in [-0.2, 0) is 6.54 Å². The fourth-order valence-corrected chi connectivity index (χ4v) is 2.58. The molecule has 1 N–H and O–H groups in total. The zero-order valence-electron chi connectivity index (χ0n) is 13.9. The summed E-state index contributed by atoms with van der Waals surface area (Å²) >= 11 is 5.52. The molecule has 0 aliphatic heterocycles. The van der Waals surface area contributed by atoms with Crippen molar-refractivity contribution >= 4 is 23.0 Å². The van der Waals surface area contributed by atoms with E-state index in [2.05, 4.69) is 48.3 Å². The van der Waals surface area contributed by atoms with Crippen molar-refractivity contribution in [3.63, 3.8) is 0 Å². The third kappa shape index (κ3) is 5.03. The van der Waals surface area contributed by atoms with Gasteiger partial charge < -0.3 is 10.2 Å². The standard InChI is InChI=1S/C19H23FN2S/c1-4-11-22(13-16-8-5-14(2)6-9-16)19(23)21-17-10-7-15(3)18(20)12-17/h5-10,12H,4,11,13H2,1-3H3,(H,21,23). The second-order valence-corrected chi connectivity index (χ2v) is 6.19. The van der Waals surface area contributed by atoms with Crippen LogP contribution in [0.1, 0.15) is 30.0 Å². The van der Waals surface area contributed by atoms with Gasteiger partial charge in [-0.3, -0.25) is 0 Å². The van der Waals surface area contributed by atoms with Gasteiger partial charge >= 0.3 is 0 Å². The SMILES string of the molecule is CCCN(Cc1ccc(C)cc1)C(=S)Nc1ccc(C)c(F)c1. The van der Waals surface area contributed by atoms with Gasteiger partial charge in [-0.05, 0) is 55.7 Å². The Kier molecular flexibility index (Phi) is 6.11. The first-order valence-electron chi connectivity index (χ1n) is 7.87. The molecule has 0 aromatic heterocycles. The summed E-state index contributed by atoms with van der Waals surface area (Å²) in [6.45, 7) is 7.54. The summed E-state index contributed by atoms with van der Waals surface area (Å²) < 4.78 is 13.7. The van der Waals surface area contributed by atoms with E-state index in [1.54, 1.807) is 13.0 Å². The van der Waals surface area contributed by atoms with Crippen LogP contribution >= 0.6 is 12.2 Å². The Morgan fingerprint density at radius 1 is 1.13 bits per heavy atom. The minimum Gasteiger partial charge on any atom is -0.345 e. The van der Waals surface area contributed by atoms with Crippen LogP contribution in [0.25, 0.3) is 0 Å². The number of rotatable bonds is 5. The highest BCUT2D eigenvalue weighted by molar-refractivity contribution is 7.80. The Hall–Kier alpha value is -1.94. The maximum Gasteiger partial charge on any atom is 0.173 e. The number of nitrogens with zero attached hydrogens (tertiary/aromatic N) is 1. The van der Waals surface area contributed by atoms with Crippen molar-refractivity contribution in [3.05, 3.63) is 65.0 Å². The van der Waals surface area contributed by atoms with Gasteiger partial charge in [0.15, 0.2) is 5.11 Å². The highest BCUT2D eigenvalue weighted by Gasteiger charge is 2.10. The van der Waals surface area contributed by atoms with E-state index >= 15 is 0 Å². The molecular weight excluding hydrogens is 307 g/mol. The Balaban J connectivity index is 2.08. The summed E-state index contributed by atoms with van der Waals surface area (Å²) in [5.74, 6) is -0.224. The smallest absolute Gasteiger partial charge is 0.173 e. The van der Waals surface area contributed by atoms with Gasteiger partial charge in [0.05, 0.1) is 0 Å². The lowest BCUT2D eigenvalue weighted by Crippen LogP contribution is -2.34. The molecular formula is C19H23FN2S. The number of anilines is 1. The lowest BCUT2D eigenvalue weighted by atomic mass is 10.1. The van der Waals surface area contributed by atoms with Gasteiger partial charge in [-0.1, -0.05) is 42.8 Å². The minimum absolute atomic E-state index is 0.224. The predicted molar refractivity (Wildman–Crippen MR) is 99.2 cm³/mol. The number of hydrogen-bond acceptors (Lipinski definition) is 1. The van der Waals surface area contributed by atoms with Gasteiger partial charge in [0.25, 0.3) is 0 Å². The van der Waals surface area contributed by atoms with Crippen LogP contribution in [0, 0.1) is 19.7 Å². The normalized spacial score (nSPS) is 10.4. The van der Waals surface area contributed by atoms with Crippen molar-refractivity contribution in [3.8, 4) is 0 Å². The van der Waals surface area contributed by atoms with E-state index in [1.807, 2.05) is 6.07 Å². The zero-order chi connectivity index (χ0) is 16.8. The van der Waals surface area contributed by atoms with Crippen LogP contribution in [0.4, 0.5) is 10.1 Å². The van der Waals surface area contributed by atoms with Crippen molar-refractivity contribution in [2.75, 3.05) is 11.9 Å². The molecule has 0 saturated heterocycles. The van der Waals surface area contributed by atoms with Crippen LogP contribution in [0.2, 0.25) is 0 Å². The Labute approximate surface area is 143 Å². The molecule has 0 fully saturated rings. The molecule has 23 heavy (non-hydrogen) atoms. The molecule has 4 heteroatoms. The number of nitrogens with one attached hydrogen (secondary N) is 1. The molecule has 0 unspecified atom stereocenters. The van der Waals surface area contributed by atoms with Crippen LogP contribution in [0.15, 0.2) is 42.5 Å². The molecule has 0 saturated carbocycles. The first-order chi connectivity index (χ1) is 11.0. The summed E-state index contributed by atoms with van der Waals surface area (Å²) in [5.41, 5.74) is 3.77. The molecule has 0 amide bonds. The number of thiocarbonyl (C=S) groups is 1. The third-order valence-corrected chi connectivity index (χ3v) is 4.06. The van der Waals surface area contributed by atoms with Crippen LogP contribution in [0.5, 0.6) is 0 Å². The molecule has 0 heterocycles. The summed E-state index contributed by atoms with van der Waals surface area (Å²) in [6.07, 6.45) is 0.996. The topological polar surface area (TPSA) is 15.3 Å². The monoisotopic (exact) mass is 330 g/mol. The van der Waals surface area contributed by atoms with E-state index in [-0.39, 0.29) is 5.82 Å². The van der Waals surface area contributed by atoms with Crippen LogP contribution in [0.3, 0.4) is 0 Å². The maximum absolute atomic E-state index is 13.7. The number of hydrogen-bond donors (Lipinski definition) is 1. The van der Waals surface area contributed by atoms with Gasteiger partial charge in [-0.15, -0.1) is 0 Å². The number of benzene rings is 2. The highest BCUT2D eigenvalue weighted by Crippen LogP contribution is 2.15. The molecule has 0 atom stereocenters. The van der Waals surface area contributed by atoms with E-state index in [0.717, 1.165) is 19.5 Å². The molecule has 0 aliphatic rings. The predicted octanol–water partition coefficient (Wildman–Crippen LogP) is 5.05. The number of aryl methyl sites for hydroxylation is 2. The second-order valence-electron chi connectivity index (χ2n) is 5.80. The highest BCUT2D eigenvalue weighted by atomic mass is 32.1. The van der Waals surface area contributed by atoms with Crippen molar-refractivity contribution in [2.24, 2.45) is 0 Å². The van der Waals surface area contributed by atoms with Crippen molar-refractivity contribution < 1.29 is 4.39 Å². The molecule has 0 bridgehead atoms. The van der Waals surface area contributed by atoms with Gasteiger partial charge in [-0.25, -0.2) is 4.39 Å². The zero-order valence-corrected chi connectivity index (χ0v) is 14.7. The molecule has 2 aromatic rings. The number of halogens is 1. The van der Waals surface area contributed by atoms with E-state index in [4.69, 9.17) is 12.2 Å². The average Bonchev–Trinajstić information content (AvgIpc) is 2.52. The molecule has 0 aliphatic carbocycles. The Morgan fingerprint density at radius 3 is 2.43 bits per heavy atom. The van der Waals surface area contributed by atoms with Gasteiger partial charge in [-0.2, -0.15) is 0 Å². The van der Waals surface area contributed by atoms with Gasteiger partial charge in [0, 0.05) is 18.8 Å². The summed E-state index contributed by atoms with van der Waals surface area (Å²) in [4.78, 5) is 2.11. The first-order valence-corrected chi connectivity index (χ1v) is 8.28. The van der Waals surface area contributed by atoms with E-state index in [1.165, 1.54) is 17.2 Å². The molecule has 0 radical (unpaired) electrons. The summed E-state index contributed by atoms with van der Waals surface area (Å²) in [5, 5.41) is 3.76. The van der Waals surface area contributed by atoms with E-state index in [0.29, 0.717) is 16.4 Å². The average molecular weight is 330 g/mol. The lowest BCUT2D eigenvalue weighted by Gasteiger charge is -2.25. The van der Waals surface area contributed by atoms with Crippen molar-refractivity contribution in [1.82, 2.24) is 4.90 Å². The third-order valence-electron chi connectivity index (χ3n) is 3.70. The summed E-state index contributed by atoms with van der Waals surface area (Å²) in [6, 6.07) is 13.5. The van der Waals surface area contributed by atoms with Crippen LogP contribution < -0.4 is 5.32 Å². The Morgan fingerprint density at radius 2 is 1.83 bits per heavy atom. The second kappa shape index (κ2) is 8.06. The van der Waals surface area contributed by atoms with Gasteiger partial charge in [0.2, 0.25) is 0 Å². The molecule has 122 valence electrons. The van der Waals surface area contributed by atoms with Gasteiger partial charge in [0.1, 0.15) is 5.82 Å². The van der Waals surface area contributed by atoms with E-state index < -0.39 is 0 Å². The van der Waals surface area contributed by atoms with E-state index in [9.17, 15) is 4.39 Å². The largest absolute Gasteiger partial charge is 0.345 e. The molecule has 2 rings (SSSR count). The van der Waals surface area contributed by atoms with Crippen LogP contribution in [-0.4, -0.2) is 16.6 Å². The first kappa shape index (κ1) is 17.4. The fourth-order valence-electron chi connectivity index (χ4n) is 2.31. The molecule has 2 nitrogen and oxygen atoms in total. The van der Waals surface area contributed by atoms with Crippen molar-refractivity contribution in [2.45, 2.75) is 33.7 Å². The maximum atomic E-state index is 13.7. The lowest BCUT2D eigenvalue weighted by molar-refractivity contribution is 0.418. The van der Waals surface area contributed by atoms with Crippen molar-refractivity contribution in [1.29, 1.82) is 0 Å². The summed E-state index contributed by atoms with van der Waals surface area (Å²) in [7, 11) is 0. The molecule has 2 aromatic carbocycles. The quantitative estimate of drug-likeness (QED) is 0.772. The minimum atomic E-state index is -0.224. The fraction of sp³-hybridized carbons (Fsp3) is 0.316. The molecule has 0 spiro atoms. The Bertz CT molecular complexity index is 668.